The molecule has 1 unspecified atom stereocenters. The number of ketones is 1. The molecule has 0 aromatic rings. The predicted molar refractivity (Wildman–Crippen MR) is 50.3 cm³/mol. The van der Waals surface area contributed by atoms with Crippen molar-refractivity contribution >= 4 is 30.1 Å². The van der Waals surface area contributed by atoms with Crippen LogP contribution in [0.5, 0.6) is 0 Å². The van der Waals surface area contributed by atoms with Gasteiger partial charge in [-0.3, -0.25) is 14.4 Å². The van der Waals surface area contributed by atoms with Crippen LogP contribution in [0.25, 0.3) is 0 Å². The first-order chi connectivity index (χ1) is 6.02. The Morgan fingerprint density at radius 2 is 2.07 bits per heavy atom. The number of aliphatic carboxylic acids is 1. The second kappa shape index (κ2) is 4.95. The minimum atomic E-state index is -1.09. The molecule has 0 radical (unpaired) electrons. The van der Waals surface area contributed by atoms with Crippen LogP contribution in [0.3, 0.4) is 0 Å². The minimum Gasteiger partial charge on any atom is -0.481 e. The molecule has 6 heteroatoms. The number of rotatable bonds is 1. The highest BCUT2D eigenvalue weighted by Crippen LogP contribution is 2.13. The number of carboxylic acid groups (broad SMARTS) is 1. The summed E-state index contributed by atoms with van der Waals surface area (Å²) in [7, 11) is 0. The van der Waals surface area contributed by atoms with Gasteiger partial charge in [0, 0.05) is 13.5 Å². The van der Waals surface area contributed by atoms with E-state index in [-0.39, 0.29) is 37.1 Å². The number of carbonyl (C=O) groups excluding carboxylic acids is 2. The molecule has 0 aromatic heterocycles. The third kappa shape index (κ3) is 2.70. The van der Waals surface area contributed by atoms with Gasteiger partial charge in [-0.1, -0.05) is 0 Å². The van der Waals surface area contributed by atoms with Gasteiger partial charge in [0.2, 0.25) is 5.91 Å². The Balaban J connectivity index is 0.00000169. The maximum Gasteiger partial charge on any atom is 0.314 e. The van der Waals surface area contributed by atoms with Gasteiger partial charge in [0.1, 0.15) is 5.92 Å². The standard InChI is InChI=1S/C8H11NO4.ClH/c1-5(10)9-3-2-6(8(12)13)7(11)4-9;/h6H,2-4H2,1H3,(H,12,13);1H. The highest BCUT2D eigenvalue weighted by atomic mass is 35.5. The van der Waals surface area contributed by atoms with E-state index in [9.17, 15) is 14.4 Å². The smallest absolute Gasteiger partial charge is 0.314 e. The summed E-state index contributed by atoms with van der Waals surface area (Å²) >= 11 is 0. The molecule has 0 saturated carbocycles. The largest absolute Gasteiger partial charge is 0.481 e. The molecule has 1 saturated heterocycles. The Labute approximate surface area is 87.5 Å². The van der Waals surface area contributed by atoms with Crippen molar-refractivity contribution in [1.82, 2.24) is 4.90 Å². The predicted octanol–water partition coefficient (Wildman–Crippen LogP) is -0.0697. The molecule has 5 nitrogen and oxygen atoms in total. The highest BCUT2D eigenvalue weighted by molar-refractivity contribution is 6.01. The lowest BCUT2D eigenvalue weighted by atomic mass is 9.96. The first kappa shape index (κ1) is 12.9. The van der Waals surface area contributed by atoms with Crippen LogP contribution in [-0.4, -0.2) is 40.8 Å². The molecule has 1 atom stereocenters. The fourth-order valence-corrected chi connectivity index (χ4v) is 1.35. The lowest BCUT2D eigenvalue weighted by Crippen LogP contribution is -2.45. The number of hydrogen-bond donors (Lipinski definition) is 1. The monoisotopic (exact) mass is 221 g/mol. The van der Waals surface area contributed by atoms with E-state index in [2.05, 4.69) is 0 Å². The van der Waals surface area contributed by atoms with E-state index in [4.69, 9.17) is 5.11 Å². The average Bonchev–Trinajstić information content (AvgIpc) is 2.03. The van der Waals surface area contributed by atoms with Crippen LogP contribution in [0, 0.1) is 5.92 Å². The minimum absolute atomic E-state index is 0. The third-order valence-electron chi connectivity index (χ3n) is 2.17. The van der Waals surface area contributed by atoms with Gasteiger partial charge in [-0.25, -0.2) is 0 Å². The molecular weight excluding hydrogens is 210 g/mol. The third-order valence-corrected chi connectivity index (χ3v) is 2.17. The van der Waals surface area contributed by atoms with Crippen LogP contribution in [0.1, 0.15) is 13.3 Å². The molecule has 1 rings (SSSR count). The molecule has 1 N–H and O–H groups in total. The molecule has 1 aliphatic rings. The lowest BCUT2D eigenvalue weighted by molar-refractivity contribution is -0.151. The van der Waals surface area contributed by atoms with Crippen LogP contribution in [0.15, 0.2) is 0 Å². The second-order valence-corrected chi connectivity index (χ2v) is 3.09. The van der Waals surface area contributed by atoms with E-state index in [1.54, 1.807) is 0 Å². The molecule has 1 amide bonds. The number of carboxylic acids is 1. The topological polar surface area (TPSA) is 74.7 Å². The van der Waals surface area contributed by atoms with Crippen LogP contribution in [0.4, 0.5) is 0 Å². The molecule has 1 aliphatic heterocycles. The number of halogens is 1. The molecular formula is C8H12ClNO4. The lowest BCUT2D eigenvalue weighted by Gasteiger charge is -2.27. The normalized spacial score (nSPS) is 21.4. The van der Waals surface area contributed by atoms with E-state index in [1.807, 2.05) is 0 Å². The summed E-state index contributed by atoms with van der Waals surface area (Å²) in [6.45, 7) is 1.67. The van der Waals surface area contributed by atoms with Gasteiger partial charge < -0.3 is 10.0 Å². The van der Waals surface area contributed by atoms with Gasteiger partial charge in [-0.05, 0) is 6.42 Å². The summed E-state index contributed by atoms with van der Waals surface area (Å²) in [4.78, 5) is 33.9. The van der Waals surface area contributed by atoms with Gasteiger partial charge in [0.25, 0.3) is 0 Å². The van der Waals surface area contributed by atoms with Crippen LogP contribution in [-0.2, 0) is 14.4 Å². The van der Waals surface area contributed by atoms with Crippen molar-refractivity contribution in [3.8, 4) is 0 Å². The summed E-state index contributed by atoms with van der Waals surface area (Å²) in [5.41, 5.74) is 0. The van der Waals surface area contributed by atoms with Gasteiger partial charge in [-0.15, -0.1) is 12.4 Å². The Kier molecular flexibility index (Phi) is 4.56. The van der Waals surface area contributed by atoms with E-state index < -0.39 is 11.9 Å². The molecule has 0 bridgehead atoms. The number of amides is 1. The van der Waals surface area contributed by atoms with Crippen LogP contribution in [0.2, 0.25) is 0 Å². The number of carbonyl (C=O) groups is 3. The summed E-state index contributed by atoms with van der Waals surface area (Å²) < 4.78 is 0. The zero-order chi connectivity index (χ0) is 10.0. The van der Waals surface area contributed by atoms with Crippen molar-refractivity contribution in [2.75, 3.05) is 13.1 Å². The Hall–Kier alpha value is -1.10. The summed E-state index contributed by atoms with van der Waals surface area (Å²) in [5.74, 6) is -2.57. The Morgan fingerprint density at radius 3 is 2.43 bits per heavy atom. The number of nitrogens with zero attached hydrogens (tertiary/aromatic N) is 1. The van der Waals surface area contributed by atoms with Crippen molar-refractivity contribution in [3.63, 3.8) is 0 Å². The summed E-state index contributed by atoms with van der Waals surface area (Å²) in [6.07, 6.45) is 0.230. The summed E-state index contributed by atoms with van der Waals surface area (Å²) in [6, 6.07) is 0. The highest BCUT2D eigenvalue weighted by Gasteiger charge is 2.32. The summed E-state index contributed by atoms with van der Waals surface area (Å²) in [5, 5.41) is 8.61. The Morgan fingerprint density at radius 1 is 1.50 bits per heavy atom. The zero-order valence-corrected chi connectivity index (χ0v) is 8.54. The van der Waals surface area contributed by atoms with Crippen molar-refractivity contribution in [2.24, 2.45) is 5.92 Å². The number of hydrogen-bond acceptors (Lipinski definition) is 3. The van der Waals surface area contributed by atoms with E-state index in [1.165, 1.54) is 11.8 Å². The van der Waals surface area contributed by atoms with Crippen molar-refractivity contribution in [1.29, 1.82) is 0 Å². The number of piperidine rings is 1. The van der Waals surface area contributed by atoms with Gasteiger partial charge in [-0.2, -0.15) is 0 Å². The molecule has 14 heavy (non-hydrogen) atoms. The first-order valence-corrected chi connectivity index (χ1v) is 4.03. The Bertz CT molecular complexity index is 266. The maximum absolute atomic E-state index is 11.2. The van der Waals surface area contributed by atoms with Gasteiger partial charge in [0.15, 0.2) is 5.78 Å². The fourth-order valence-electron chi connectivity index (χ4n) is 1.35. The van der Waals surface area contributed by atoms with Gasteiger partial charge >= 0.3 is 5.97 Å². The van der Waals surface area contributed by atoms with Crippen LogP contribution >= 0.6 is 12.4 Å². The molecule has 0 spiro atoms. The van der Waals surface area contributed by atoms with Crippen molar-refractivity contribution in [3.05, 3.63) is 0 Å². The number of likely N-dealkylation sites (tertiary alicyclic amines) is 1. The molecule has 0 aliphatic carbocycles. The van der Waals surface area contributed by atoms with Crippen molar-refractivity contribution in [2.45, 2.75) is 13.3 Å². The fraction of sp³-hybridized carbons (Fsp3) is 0.625. The molecule has 1 fully saturated rings. The SMILES string of the molecule is CC(=O)N1CCC(C(=O)O)C(=O)C1.Cl. The van der Waals surface area contributed by atoms with Crippen LogP contribution < -0.4 is 0 Å². The quantitative estimate of drug-likeness (QED) is 0.629. The van der Waals surface area contributed by atoms with E-state index >= 15 is 0 Å². The molecule has 80 valence electrons. The second-order valence-electron chi connectivity index (χ2n) is 3.09. The zero-order valence-electron chi connectivity index (χ0n) is 7.73. The molecule has 1 heterocycles. The maximum atomic E-state index is 11.2. The first-order valence-electron chi connectivity index (χ1n) is 4.03. The average molecular weight is 222 g/mol. The van der Waals surface area contributed by atoms with E-state index in [0.717, 1.165) is 0 Å². The molecule has 0 aromatic carbocycles. The number of Topliss-reactive ketones (excluding diaryl/α,β-unsaturated/α-hetero) is 1. The van der Waals surface area contributed by atoms with Gasteiger partial charge in [0.05, 0.1) is 6.54 Å². The van der Waals surface area contributed by atoms with Crippen molar-refractivity contribution < 1.29 is 19.5 Å². The van der Waals surface area contributed by atoms with E-state index in [0.29, 0.717) is 6.54 Å².